The third-order valence-corrected chi connectivity index (χ3v) is 3.56. The van der Waals surface area contributed by atoms with Crippen LogP contribution in [0.4, 0.5) is 15.9 Å². The van der Waals surface area contributed by atoms with Crippen molar-refractivity contribution in [1.82, 2.24) is 4.98 Å². The van der Waals surface area contributed by atoms with Crippen LogP contribution in [0.25, 0.3) is 0 Å². The number of hydrazone groups is 1. The van der Waals surface area contributed by atoms with Crippen LogP contribution in [0.2, 0.25) is 0 Å². The molecule has 0 unspecified atom stereocenters. The number of aromatic nitrogens is 1. The van der Waals surface area contributed by atoms with E-state index in [9.17, 15) is 14.5 Å². The van der Waals surface area contributed by atoms with Crippen LogP contribution in [0.5, 0.6) is 5.75 Å². The molecule has 3 aromatic rings. The van der Waals surface area contributed by atoms with E-state index in [4.69, 9.17) is 4.74 Å². The molecule has 0 bridgehead atoms. The molecule has 3 rings (SSSR count). The average Bonchev–Trinajstić information content (AvgIpc) is 2.67. The predicted molar refractivity (Wildman–Crippen MR) is 99.3 cm³/mol. The van der Waals surface area contributed by atoms with E-state index in [0.29, 0.717) is 16.9 Å². The van der Waals surface area contributed by atoms with Gasteiger partial charge in [-0.25, -0.2) is 9.37 Å². The van der Waals surface area contributed by atoms with Gasteiger partial charge in [-0.05, 0) is 35.9 Å². The molecule has 0 radical (unpaired) electrons. The molecule has 0 aliphatic carbocycles. The van der Waals surface area contributed by atoms with E-state index in [1.165, 1.54) is 36.7 Å². The highest BCUT2D eigenvalue weighted by Crippen LogP contribution is 2.21. The molecule has 0 spiro atoms. The first kappa shape index (κ1) is 18.0. The highest BCUT2D eigenvalue weighted by Gasteiger charge is 2.13. The summed E-state index contributed by atoms with van der Waals surface area (Å²) in [6.07, 6.45) is 2.90. The summed E-state index contributed by atoms with van der Waals surface area (Å²) in [6, 6.07) is 16.1. The summed E-state index contributed by atoms with van der Waals surface area (Å²) in [5, 5.41) is 15.0. The third-order valence-electron chi connectivity index (χ3n) is 3.56. The number of rotatable bonds is 7. The fraction of sp³-hybridized carbons (Fsp3) is 0.0526. The van der Waals surface area contributed by atoms with Crippen LogP contribution in [0, 0.1) is 15.9 Å². The van der Waals surface area contributed by atoms with Gasteiger partial charge < -0.3 is 4.74 Å². The molecule has 1 N–H and O–H groups in total. The highest BCUT2D eigenvalue weighted by atomic mass is 19.1. The molecule has 27 heavy (non-hydrogen) atoms. The molecular weight excluding hydrogens is 351 g/mol. The Morgan fingerprint density at radius 1 is 1.19 bits per heavy atom. The average molecular weight is 366 g/mol. The largest absolute Gasteiger partial charge is 0.488 e. The van der Waals surface area contributed by atoms with Crippen LogP contribution in [0.3, 0.4) is 0 Å². The molecule has 0 aliphatic heterocycles. The Kier molecular flexibility index (Phi) is 5.68. The van der Waals surface area contributed by atoms with Crippen molar-refractivity contribution in [2.75, 3.05) is 5.43 Å². The Balaban J connectivity index is 1.71. The second-order valence-corrected chi connectivity index (χ2v) is 5.45. The van der Waals surface area contributed by atoms with Gasteiger partial charge in [0.2, 0.25) is 5.82 Å². The van der Waals surface area contributed by atoms with Gasteiger partial charge >= 0.3 is 5.69 Å². The van der Waals surface area contributed by atoms with E-state index in [0.717, 1.165) is 0 Å². The zero-order valence-electron chi connectivity index (χ0n) is 14.1. The summed E-state index contributed by atoms with van der Waals surface area (Å²) >= 11 is 0. The van der Waals surface area contributed by atoms with Crippen molar-refractivity contribution in [1.29, 1.82) is 0 Å². The first-order valence-corrected chi connectivity index (χ1v) is 7.98. The number of ether oxygens (including phenoxy) is 1. The monoisotopic (exact) mass is 366 g/mol. The first-order valence-electron chi connectivity index (χ1n) is 7.98. The number of halogens is 1. The maximum atomic E-state index is 13.3. The lowest BCUT2D eigenvalue weighted by Gasteiger charge is -2.09. The van der Waals surface area contributed by atoms with E-state index in [1.54, 1.807) is 36.4 Å². The van der Waals surface area contributed by atoms with Crippen LogP contribution >= 0.6 is 0 Å². The van der Waals surface area contributed by atoms with Crippen molar-refractivity contribution in [2.24, 2.45) is 5.10 Å². The first-order chi connectivity index (χ1) is 13.1. The Bertz CT molecular complexity index is 978. The molecular formula is C19H15FN4O3. The van der Waals surface area contributed by atoms with Crippen molar-refractivity contribution in [2.45, 2.75) is 6.61 Å². The summed E-state index contributed by atoms with van der Waals surface area (Å²) in [7, 11) is 0. The van der Waals surface area contributed by atoms with Gasteiger partial charge in [-0.2, -0.15) is 5.10 Å². The number of benzene rings is 2. The molecule has 1 heterocycles. The summed E-state index contributed by atoms with van der Waals surface area (Å²) in [4.78, 5) is 14.3. The Morgan fingerprint density at radius 2 is 2.04 bits per heavy atom. The lowest BCUT2D eigenvalue weighted by atomic mass is 10.2. The lowest BCUT2D eigenvalue weighted by molar-refractivity contribution is -0.384. The summed E-state index contributed by atoms with van der Waals surface area (Å²) < 4.78 is 19.0. The molecule has 0 fully saturated rings. The van der Waals surface area contributed by atoms with Crippen molar-refractivity contribution in [3.63, 3.8) is 0 Å². The van der Waals surface area contributed by atoms with E-state index in [2.05, 4.69) is 15.5 Å². The van der Waals surface area contributed by atoms with E-state index in [1.807, 2.05) is 0 Å². The summed E-state index contributed by atoms with van der Waals surface area (Å²) in [5.74, 6) is 0.256. The molecule has 2 aromatic carbocycles. The summed E-state index contributed by atoms with van der Waals surface area (Å²) in [6.45, 7) is 0.196. The normalized spacial score (nSPS) is 10.7. The van der Waals surface area contributed by atoms with Gasteiger partial charge in [0.05, 0.1) is 11.1 Å². The Hall–Kier alpha value is -3.81. The Labute approximate surface area is 154 Å². The second kappa shape index (κ2) is 8.52. The quantitative estimate of drug-likeness (QED) is 0.385. The van der Waals surface area contributed by atoms with Gasteiger partial charge in [-0.15, -0.1) is 0 Å². The predicted octanol–water partition coefficient (Wildman–Crippen LogP) is 4.15. The number of para-hydroxylation sites is 1. The number of anilines is 1. The molecule has 0 atom stereocenters. The molecule has 136 valence electrons. The van der Waals surface area contributed by atoms with Gasteiger partial charge in [-0.1, -0.05) is 24.3 Å². The van der Waals surface area contributed by atoms with Gasteiger partial charge in [0, 0.05) is 17.8 Å². The Morgan fingerprint density at radius 3 is 2.85 bits per heavy atom. The topological polar surface area (TPSA) is 89.7 Å². The third kappa shape index (κ3) is 4.85. The van der Waals surface area contributed by atoms with E-state index < -0.39 is 4.92 Å². The zero-order valence-corrected chi connectivity index (χ0v) is 14.1. The fourth-order valence-electron chi connectivity index (χ4n) is 2.30. The standard InChI is InChI=1S/C19H15FN4O3/c20-16-7-3-5-14(11-16)13-27-18-9-2-1-6-15(18)12-22-23-19-17(24(25)26)8-4-10-21-19/h1-12H,13H2,(H,21,23)/b22-12-. The van der Waals surface area contributed by atoms with Crippen LogP contribution in [-0.2, 0) is 6.61 Å². The van der Waals surface area contributed by atoms with Crippen LogP contribution in [-0.4, -0.2) is 16.1 Å². The lowest BCUT2D eigenvalue weighted by Crippen LogP contribution is -2.01. The second-order valence-electron chi connectivity index (χ2n) is 5.45. The van der Waals surface area contributed by atoms with Crippen LogP contribution < -0.4 is 10.2 Å². The highest BCUT2D eigenvalue weighted by molar-refractivity contribution is 5.84. The van der Waals surface area contributed by atoms with Crippen molar-refractivity contribution >= 4 is 17.7 Å². The van der Waals surface area contributed by atoms with Crippen molar-refractivity contribution in [3.05, 3.63) is 93.9 Å². The number of hydrogen-bond acceptors (Lipinski definition) is 6. The van der Waals surface area contributed by atoms with Gasteiger partial charge in [0.1, 0.15) is 18.2 Å². The number of nitrogens with one attached hydrogen (secondary N) is 1. The molecule has 8 heteroatoms. The number of nitro groups is 1. The van der Waals surface area contributed by atoms with Crippen LogP contribution in [0.15, 0.2) is 72.0 Å². The minimum absolute atomic E-state index is 0.0388. The maximum Gasteiger partial charge on any atom is 0.313 e. The minimum Gasteiger partial charge on any atom is -0.488 e. The van der Waals surface area contributed by atoms with Crippen molar-refractivity contribution in [3.8, 4) is 5.75 Å². The minimum atomic E-state index is -0.541. The number of hydrogen-bond donors (Lipinski definition) is 1. The fourth-order valence-corrected chi connectivity index (χ4v) is 2.30. The number of pyridine rings is 1. The van der Waals surface area contributed by atoms with E-state index >= 15 is 0 Å². The zero-order chi connectivity index (χ0) is 19.1. The van der Waals surface area contributed by atoms with Crippen molar-refractivity contribution < 1.29 is 14.1 Å². The summed E-state index contributed by atoms with van der Waals surface area (Å²) in [5.41, 5.74) is 3.74. The molecule has 7 nitrogen and oxygen atoms in total. The SMILES string of the molecule is O=[N+]([O-])c1cccnc1N/N=C\c1ccccc1OCc1cccc(F)c1. The molecule has 0 amide bonds. The molecule has 0 saturated heterocycles. The van der Waals surface area contributed by atoms with Gasteiger partial charge in [0.25, 0.3) is 0 Å². The molecule has 0 saturated carbocycles. The molecule has 0 aliphatic rings. The van der Waals surface area contributed by atoms with Gasteiger partial charge in [0.15, 0.2) is 0 Å². The maximum absolute atomic E-state index is 13.3. The smallest absolute Gasteiger partial charge is 0.313 e. The number of nitrogens with zero attached hydrogens (tertiary/aromatic N) is 3. The van der Waals surface area contributed by atoms with Crippen LogP contribution in [0.1, 0.15) is 11.1 Å². The van der Waals surface area contributed by atoms with Gasteiger partial charge in [-0.3, -0.25) is 15.5 Å². The molecule has 1 aromatic heterocycles. The van der Waals surface area contributed by atoms with E-state index in [-0.39, 0.29) is 23.9 Å².